The number of piperidine rings is 1. The fourth-order valence-electron chi connectivity index (χ4n) is 2.48. The average Bonchev–Trinajstić information content (AvgIpc) is 3.25. The minimum absolute atomic E-state index is 0.125. The predicted molar refractivity (Wildman–Crippen MR) is 80.9 cm³/mol. The summed E-state index contributed by atoms with van der Waals surface area (Å²) in [6.07, 6.45) is 3.12. The second-order valence-corrected chi connectivity index (χ2v) is 7.71. The Morgan fingerprint density at radius 2 is 1.90 bits per heavy atom. The highest BCUT2D eigenvalue weighted by Crippen LogP contribution is 2.24. The lowest BCUT2D eigenvalue weighted by atomic mass is 9.97. The van der Waals surface area contributed by atoms with Crippen molar-refractivity contribution in [3.05, 3.63) is 24.3 Å². The summed E-state index contributed by atoms with van der Waals surface area (Å²) in [7, 11) is -3.38. The lowest BCUT2D eigenvalue weighted by Crippen LogP contribution is -2.42. The zero-order valence-corrected chi connectivity index (χ0v) is 13.0. The Balaban J connectivity index is 1.66. The molecule has 6 heteroatoms. The van der Waals surface area contributed by atoms with Crippen molar-refractivity contribution in [2.75, 3.05) is 13.1 Å². The number of hydrogen-bond acceptors (Lipinski definition) is 4. The van der Waals surface area contributed by atoms with Crippen LogP contribution in [0.5, 0.6) is 5.75 Å². The summed E-state index contributed by atoms with van der Waals surface area (Å²) in [5.74, 6) is 1.23. The molecule has 2 N–H and O–H groups in total. The third kappa shape index (κ3) is 3.75. The van der Waals surface area contributed by atoms with E-state index in [4.69, 9.17) is 4.74 Å². The highest BCUT2D eigenvalue weighted by atomic mass is 32.2. The Bertz CT molecular complexity index is 581. The van der Waals surface area contributed by atoms with Crippen LogP contribution in [0.3, 0.4) is 0 Å². The Labute approximate surface area is 126 Å². The maximum absolute atomic E-state index is 12.1. The Kier molecular flexibility index (Phi) is 4.19. The molecular formula is C15H22N2O3S. The lowest BCUT2D eigenvalue weighted by molar-refractivity contribution is 0.115. The van der Waals surface area contributed by atoms with Crippen LogP contribution < -0.4 is 14.8 Å². The first kappa shape index (κ1) is 14.8. The van der Waals surface area contributed by atoms with Crippen molar-refractivity contribution in [1.29, 1.82) is 0 Å². The lowest BCUT2D eigenvalue weighted by Gasteiger charge is -2.30. The van der Waals surface area contributed by atoms with Crippen LogP contribution in [0.1, 0.15) is 26.2 Å². The van der Waals surface area contributed by atoms with E-state index in [0.29, 0.717) is 10.8 Å². The smallest absolute Gasteiger partial charge is 0.240 e. The third-order valence-corrected chi connectivity index (χ3v) is 5.61. The van der Waals surface area contributed by atoms with Crippen molar-refractivity contribution >= 4 is 10.0 Å². The molecule has 2 aliphatic rings. The predicted octanol–water partition coefficient (Wildman–Crippen LogP) is 1.50. The molecule has 2 unspecified atom stereocenters. The van der Waals surface area contributed by atoms with Crippen LogP contribution in [0.2, 0.25) is 0 Å². The summed E-state index contributed by atoms with van der Waals surface area (Å²) in [6.45, 7) is 4.05. The van der Waals surface area contributed by atoms with Crippen LogP contribution in [0, 0.1) is 5.92 Å². The summed E-state index contributed by atoms with van der Waals surface area (Å²) in [4.78, 5) is 0.302. The van der Waals surface area contributed by atoms with Crippen molar-refractivity contribution in [3.8, 4) is 5.75 Å². The van der Waals surface area contributed by atoms with Crippen LogP contribution in [-0.2, 0) is 10.0 Å². The molecule has 1 heterocycles. The monoisotopic (exact) mass is 310 g/mol. The van der Waals surface area contributed by atoms with Gasteiger partial charge in [-0.3, -0.25) is 0 Å². The van der Waals surface area contributed by atoms with Crippen molar-refractivity contribution in [1.82, 2.24) is 10.0 Å². The summed E-state index contributed by atoms with van der Waals surface area (Å²) < 4.78 is 32.8. The van der Waals surface area contributed by atoms with Crippen LogP contribution in [0.15, 0.2) is 29.2 Å². The molecule has 0 aromatic heterocycles. The number of ether oxygens (including phenoxy) is 1. The van der Waals surface area contributed by atoms with Gasteiger partial charge in [0, 0.05) is 12.6 Å². The SMILES string of the molecule is CC1CCNCC1Oc1ccc(S(=O)(=O)NC2CC2)cc1. The standard InChI is InChI=1S/C15H22N2O3S/c1-11-8-9-16-10-15(11)20-13-4-6-14(7-5-13)21(18,19)17-12-2-3-12/h4-7,11-12,15-17H,2-3,8-10H2,1H3. The van der Waals surface area contributed by atoms with Crippen LogP contribution in [-0.4, -0.2) is 33.7 Å². The van der Waals surface area contributed by atoms with E-state index in [1.54, 1.807) is 24.3 Å². The van der Waals surface area contributed by atoms with Crippen LogP contribution in [0.25, 0.3) is 0 Å². The first-order valence-corrected chi connectivity index (χ1v) is 9.03. The molecule has 1 aliphatic carbocycles. The molecule has 1 saturated heterocycles. The van der Waals surface area contributed by atoms with Gasteiger partial charge in [0.05, 0.1) is 4.90 Å². The molecule has 5 nitrogen and oxygen atoms in total. The van der Waals surface area contributed by atoms with Gasteiger partial charge in [-0.2, -0.15) is 0 Å². The Hall–Kier alpha value is -1.11. The van der Waals surface area contributed by atoms with Gasteiger partial charge in [-0.1, -0.05) is 6.92 Å². The topological polar surface area (TPSA) is 67.4 Å². The number of benzene rings is 1. The molecule has 0 amide bonds. The second-order valence-electron chi connectivity index (χ2n) is 5.99. The van der Waals surface area contributed by atoms with Gasteiger partial charge < -0.3 is 10.1 Å². The second kappa shape index (κ2) is 5.94. The van der Waals surface area contributed by atoms with Crippen LogP contribution in [0.4, 0.5) is 0 Å². The number of sulfonamides is 1. The van der Waals surface area contributed by atoms with E-state index in [9.17, 15) is 8.42 Å². The Morgan fingerprint density at radius 3 is 2.52 bits per heavy atom. The summed E-state index contributed by atoms with van der Waals surface area (Å²) in [5, 5.41) is 3.32. The average molecular weight is 310 g/mol. The van der Waals surface area contributed by atoms with Crippen molar-refractivity contribution in [2.24, 2.45) is 5.92 Å². The van der Waals surface area contributed by atoms with Gasteiger partial charge in [-0.25, -0.2) is 13.1 Å². The highest BCUT2D eigenvalue weighted by molar-refractivity contribution is 7.89. The maximum Gasteiger partial charge on any atom is 0.240 e. The van der Waals surface area contributed by atoms with Gasteiger partial charge in [0.25, 0.3) is 0 Å². The van der Waals surface area contributed by atoms with Gasteiger partial charge in [-0.05, 0) is 56.0 Å². The van der Waals surface area contributed by atoms with E-state index in [2.05, 4.69) is 17.0 Å². The number of hydrogen-bond donors (Lipinski definition) is 2. The fraction of sp³-hybridized carbons (Fsp3) is 0.600. The van der Waals surface area contributed by atoms with Gasteiger partial charge in [0.1, 0.15) is 11.9 Å². The molecular weight excluding hydrogens is 288 g/mol. The van der Waals surface area contributed by atoms with Gasteiger partial charge >= 0.3 is 0 Å². The van der Waals surface area contributed by atoms with Crippen LogP contribution >= 0.6 is 0 Å². The van der Waals surface area contributed by atoms with Gasteiger partial charge in [-0.15, -0.1) is 0 Å². The van der Waals surface area contributed by atoms with E-state index >= 15 is 0 Å². The van der Waals surface area contributed by atoms with E-state index in [-0.39, 0.29) is 12.1 Å². The van der Waals surface area contributed by atoms with Gasteiger partial charge in [0.15, 0.2) is 0 Å². The highest BCUT2D eigenvalue weighted by Gasteiger charge is 2.28. The largest absolute Gasteiger partial charge is 0.489 e. The first-order chi connectivity index (χ1) is 10.0. The molecule has 21 heavy (non-hydrogen) atoms. The molecule has 3 rings (SSSR count). The normalized spacial score (nSPS) is 26.5. The van der Waals surface area contributed by atoms with Gasteiger partial charge in [0.2, 0.25) is 10.0 Å². The summed E-state index contributed by atoms with van der Waals surface area (Å²) >= 11 is 0. The zero-order chi connectivity index (χ0) is 14.9. The molecule has 1 aromatic rings. The van der Waals surface area contributed by atoms with E-state index in [0.717, 1.165) is 38.1 Å². The molecule has 0 radical (unpaired) electrons. The molecule has 1 saturated carbocycles. The van der Waals surface area contributed by atoms with E-state index in [1.807, 2.05) is 0 Å². The number of nitrogens with one attached hydrogen (secondary N) is 2. The first-order valence-electron chi connectivity index (χ1n) is 7.54. The van der Waals surface area contributed by atoms with Crippen molar-refractivity contribution in [2.45, 2.75) is 43.2 Å². The van der Waals surface area contributed by atoms with E-state index in [1.165, 1.54) is 0 Å². The molecule has 2 fully saturated rings. The summed E-state index contributed by atoms with van der Waals surface area (Å²) in [6, 6.07) is 6.83. The minimum Gasteiger partial charge on any atom is -0.489 e. The fourth-order valence-corrected chi connectivity index (χ4v) is 3.78. The molecule has 1 aliphatic heterocycles. The molecule has 1 aromatic carbocycles. The molecule has 0 spiro atoms. The van der Waals surface area contributed by atoms with E-state index < -0.39 is 10.0 Å². The molecule has 0 bridgehead atoms. The molecule has 116 valence electrons. The quantitative estimate of drug-likeness (QED) is 0.865. The third-order valence-electron chi connectivity index (χ3n) is 4.08. The maximum atomic E-state index is 12.1. The van der Waals surface area contributed by atoms with Crippen molar-refractivity contribution < 1.29 is 13.2 Å². The zero-order valence-electron chi connectivity index (χ0n) is 12.2. The molecule has 2 atom stereocenters. The Morgan fingerprint density at radius 1 is 1.19 bits per heavy atom. The number of rotatable bonds is 5. The minimum atomic E-state index is -3.38. The summed E-state index contributed by atoms with van der Waals surface area (Å²) in [5.41, 5.74) is 0. The van der Waals surface area contributed by atoms with Crippen molar-refractivity contribution in [3.63, 3.8) is 0 Å².